The zero-order valence-corrected chi connectivity index (χ0v) is 12.0. The second-order valence-electron chi connectivity index (χ2n) is 4.73. The monoisotopic (exact) mass is 284 g/mol. The molecule has 1 heterocycles. The van der Waals surface area contributed by atoms with Crippen LogP contribution in [0, 0.1) is 0 Å². The number of benzene rings is 1. The van der Waals surface area contributed by atoms with Gasteiger partial charge in [0.05, 0.1) is 0 Å². The zero-order valence-electron chi connectivity index (χ0n) is 11.2. The molecule has 4 nitrogen and oxygen atoms in total. The van der Waals surface area contributed by atoms with Crippen molar-refractivity contribution in [3.05, 3.63) is 35.9 Å². The first-order chi connectivity index (χ1) is 8.70. The highest BCUT2D eigenvalue weighted by atomic mass is 35.5. The summed E-state index contributed by atoms with van der Waals surface area (Å²) in [6.07, 6.45) is 0.136. The molecule has 2 rings (SSSR count). The van der Waals surface area contributed by atoms with E-state index in [-0.39, 0.29) is 18.4 Å². The molecule has 1 saturated heterocycles. The molecular weight excluding hydrogens is 264 g/mol. The Balaban J connectivity index is 0.00000180. The van der Waals surface area contributed by atoms with Gasteiger partial charge < -0.3 is 10.0 Å². The molecule has 1 unspecified atom stereocenters. The van der Waals surface area contributed by atoms with Gasteiger partial charge in [-0.1, -0.05) is 30.3 Å². The molecule has 0 saturated carbocycles. The van der Waals surface area contributed by atoms with Crippen molar-refractivity contribution in [2.24, 2.45) is 0 Å². The molecule has 1 amide bonds. The highest BCUT2D eigenvalue weighted by molar-refractivity contribution is 5.85. The van der Waals surface area contributed by atoms with Gasteiger partial charge in [0, 0.05) is 32.2 Å². The Morgan fingerprint density at radius 1 is 1.42 bits per heavy atom. The summed E-state index contributed by atoms with van der Waals surface area (Å²) < 4.78 is 0. The molecule has 1 N–H and O–H groups in total. The van der Waals surface area contributed by atoms with Crippen molar-refractivity contribution in [1.29, 1.82) is 0 Å². The van der Waals surface area contributed by atoms with Gasteiger partial charge in [-0.2, -0.15) is 0 Å². The van der Waals surface area contributed by atoms with Gasteiger partial charge >= 0.3 is 6.09 Å². The largest absolute Gasteiger partial charge is 0.465 e. The van der Waals surface area contributed by atoms with E-state index in [1.807, 2.05) is 25.1 Å². The Labute approximate surface area is 120 Å². The lowest BCUT2D eigenvalue weighted by atomic mass is 10.2. The highest BCUT2D eigenvalue weighted by Gasteiger charge is 2.29. The van der Waals surface area contributed by atoms with Crippen LogP contribution in [0.15, 0.2) is 30.3 Å². The van der Waals surface area contributed by atoms with E-state index >= 15 is 0 Å². The SMILES string of the molecule is CCN(C(=O)O)C1CCN(Cc2ccccc2)C1.Cl. The lowest BCUT2D eigenvalue weighted by molar-refractivity contribution is 0.127. The van der Waals surface area contributed by atoms with Crippen LogP contribution in [-0.2, 0) is 6.54 Å². The third-order valence-corrected chi connectivity index (χ3v) is 3.52. The summed E-state index contributed by atoms with van der Waals surface area (Å²) in [5.74, 6) is 0. The van der Waals surface area contributed by atoms with Crippen molar-refractivity contribution in [2.75, 3.05) is 19.6 Å². The van der Waals surface area contributed by atoms with Crippen LogP contribution in [0.2, 0.25) is 0 Å². The van der Waals surface area contributed by atoms with Crippen LogP contribution in [0.25, 0.3) is 0 Å². The maximum absolute atomic E-state index is 11.1. The predicted molar refractivity (Wildman–Crippen MR) is 77.8 cm³/mol. The van der Waals surface area contributed by atoms with E-state index in [2.05, 4.69) is 17.0 Å². The van der Waals surface area contributed by atoms with Crippen molar-refractivity contribution < 1.29 is 9.90 Å². The van der Waals surface area contributed by atoms with Crippen molar-refractivity contribution in [3.63, 3.8) is 0 Å². The minimum atomic E-state index is -0.802. The Morgan fingerprint density at radius 3 is 2.68 bits per heavy atom. The van der Waals surface area contributed by atoms with Crippen molar-refractivity contribution in [3.8, 4) is 0 Å². The summed E-state index contributed by atoms with van der Waals surface area (Å²) in [6.45, 7) is 5.19. The minimum absolute atomic E-state index is 0. The maximum Gasteiger partial charge on any atom is 0.407 e. The standard InChI is InChI=1S/C14H20N2O2.ClH/c1-2-16(14(17)18)13-8-9-15(11-13)10-12-6-4-3-5-7-12;/h3-7,13H,2,8-11H2,1H3,(H,17,18);1H. The Morgan fingerprint density at radius 2 is 2.11 bits per heavy atom. The third-order valence-electron chi connectivity index (χ3n) is 3.52. The average molecular weight is 285 g/mol. The number of rotatable bonds is 4. The second kappa shape index (κ2) is 7.36. The molecule has 5 heteroatoms. The molecule has 1 aromatic rings. The van der Waals surface area contributed by atoms with Gasteiger partial charge in [0.25, 0.3) is 0 Å². The molecule has 1 aliphatic rings. The fourth-order valence-electron chi connectivity index (χ4n) is 2.60. The van der Waals surface area contributed by atoms with Crippen molar-refractivity contribution in [1.82, 2.24) is 9.80 Å². The van der Waals surface area contributed by atoms with Crippen molar-refractivity contribution >= 4 is 18.5 Å². The number of hydrogen-bond donors (Lipinski definition) is 1. The predicted octanol–water partition coefficient (Wildman–Crippen LogP) is 2.68. The summed E-state index contributed by atoms with van der Waals surface area (Å²) >= 11 is 0. The molecule has 1 fully saturated rings. The van der Waals surface area contributed by atoms with Gasteiger partial charge in [-0.05, 0) is 18.9 Å². The minimum Gasteiger partial charge on any atom is -0.465 e. The molecule has 0 bridgehead atoms. The fourth-order valence-corrected chi connectivity index (χ4v) is 2.60. The van der Waals surface area contributed by atoms with Crippen LogP contribution in [-0.4, -0.2) is 46.7 Å². The zero-order chi connectivity index (χ0) is 13.0. The quantitative estimate of drug-likeness (QED) is 0.924. The summed E-state index contributed by atoms with van der Waals surface area (Å²) in [7, 11) is 0. The lowest BCUT2D eigenvalue weighted by Gasteiger charge is -2.25. The number of likely N-dealkylation sites (N-methyl/N-ethyl adjacent to an activating group) is 1. The number of nitrogens with zero attached hydrogens (tertiary/aromatic N) is 2. The summed E-state index contributed by atoms with van der Waals surface area (Å²) in [5.41, 5.74) is 1.29. The molecule has 0 aliphatic carbocycles. The molecule has 106 valence electrons. The van der Waals surface area contributed by atoms with Crippen LogP contribution in [0.5, 0.6) is 0 Å². The van der Waals surface area contributed by atoms with Gasteiger partial charge in [0.2, 0.25) is 0 Å². The number of likely N-dealkylation sites (tertiary alicyclic amines) is 1. The Kier molecular flexibility index (Phi) is 6.12. The molecule has 0 aromatic heterocycles. The van der Waals surface area contributed by atoms with E-state index in [4.69, 9.17) is 5.11 Å². The molecular formula is C14H21ClN2O2. The van der Waals surface area contributed by atoms with E-state index in [9.17, 15) is 4.79 Å². The van der Waals surface area contributed by atoms with E-state index < -0.39 is 6.09 Å². The van der Waals surface area contributed by atoms with E-state index in [1.165, 1.54) is 5.56 Å². The topological polar surface area (TPSA) is 43.8 Å². The van der Waals surface area contributed by atoms with Crippen LogP contribution < -0.4 is 0 Å². The normalized spacial score (nSPS) is 18.9. The first-order valence-corrected chi connectivity index (χ1v) is 6.46. The molecule has 1 atom stereocenters. The highest BCUT2D eigenvalue weighted by Crippen LogP contribution is 2.18. The molecule has 1 aromatic carbocycles. The Bertz CT molecular complexity index is 400. The average Bonchev–Trinajstić information content (AvgIpc) is 2.79. The fraction of sp³-hybridized carbons (Fsp3) is 0.500. The lowest BCUT2D eigenvalue weighted by Crippen LogP contribution is -2.40. The smallest absolute Gasteiger partial charge is 0.407 e. The summed E-state index contributed by atoms with van der Waals surface area (Å²) in [6, 6.07) is 10.5. The van der Waals surface area contributed by atoms with E-state index in [1.54, 1.807) is 4.90 Å². The molecule has 1 aliphatic heterocycles. The number of hydrogen-bond acceptors (Lipinski definition) is 2. The van der Waals surface area contributed by atoms with Gasteiger partial charge in [-0.3, -0.25) is 4.90 Å². The first kappa shape index (κ1) is 15.8. The Hall–Kier alpha value is -1.26. The number of amides is 1. The molecule has 19 heavy (non-hydrogen) atoms. The summed E-state index contributed by atoms with van der Waals surface area (Å²) in [5, 5.41) is 9.12. The van der Waals surface area contributed by atoms with Crippen molar-refractivity contribution in [2.45, 2.75) is 25.9 Å². The van der Waals surface area contributed by atoms with Gasteiger partial charge in [0.15, 0.2) is 0 Å². The second-order valence-corrected chi connectivity index (χ2v) is 4.73. The van der Waals surface area contributed by atoms with E-state index in [0.717, 1.165) is 26.1 Å². The van der Waals surface area contributed by atoms with E-state index in [0.29, 0.717) is 6.54 Å². The van der Waals surface area contributed by atoms with Crippen LogP contribution >= 0.6 is 12.4 Å². The molecule has 0 spiro atoms. The van der Waals surface area contributed by atoms with Crippen LogP contribution in [0.4, 0.5) is 4.79 Å². The summed E-state index contributed by atoms with van der Waals surface area (Å²) in [4.78, 5) is 15.0. The van der Waals surface area contributed by atoms with Crippen LogP contribution in [0.1, 0.15) is 18.9 Å². The van der Waals surface area contributed by atoms with Gasteiger partial charge in [-0.15, -0.1) is 12.4 Å². The third kappa shape index (κ3) is 4.11. The maximum atomic E-state index is 11.1. The number of carboxylic acid groups (broad SMARTS) is 1. The number of carbonyl (C=O) groups is 1. The van der Waals surface area contributed by atoms with Gasteiger partial charge in [-0.25, -0.2) is 4.79 Å². The van der Waals surface area contributed by atoms with Crippen LogP contribution in [0.3, 0.4) is 0 Å². The van der Waals surface area contributed by atoms with Gasteiger partial charge in [0.1, 0.15) is 0 Å². The number of halogens is 1. The first-order valence-electron chi connectivity index (χ1n) is 6.46. The molecule has 0 radical (unpaired) electrons.